The molecule has 0 aromatic carbocycles. The second-order valence-corrected chi connectivity index (χ2v) is 9.94. The van der Waals surface area contributed by atoms with Crippen molar-refractivity contribution in [1.29, 1.82) is 0 Å². The number of rotatable bonds is 4. The Hall–Kier alpha value is -0.261. The molecule has 0 nitrogen and oxygen atoms in total. The van der Waals surface area contributed by atoms with Crippen molar-refractivity contribution in [3.8, 4) is 0 Å². The van der Waals surface area contributed by atoms with Gasteiger partial charge in [-0.1, -0.05) is 0 Å². The van der Waals surface area contributed by atoms with E-state index in [4.69, 9.17) is 0 Å². The van der Waals surface area contributed by atoms with Gasteiger partial charge in [-0.05, 0) is 0 Å². The van der Waals surface area contributed by atoms with E-state index in [1.54, 1.807) is 8.87 Å². The van der Waals surface area contributed by atoms with Crippen LogP contribution in [0.1, 0.15) is 57.3 Å². The van der Waals surface area contributed by atoms with Gasteiger partial charge in [-0.2, -0.15) is 0 Å². The first-order valence-electron chi connectivity index (χ1n) is 6.44. The zero-order chi connectivity index (χ0) is 13.1. The Kier molecular flexibility index (Phi) is 4.92. The molecule has 0 fully saturated rings. The summed E-state index contributed by atoms with van der Waals surface area (Å²) in [5, 5.41) is 0. The van der Waals surface area contributed by atoms with Gasteiger partial charge in [0, 0.05) is 0 Å². The van der Waals surface area contributed by atoms with Gasteiger partial charge in [-0.15, -0.1) is 0 Å². The zero-order valence-electron chi connectivity index (χ0n) is 11.4. The Morgan fingerprint density at radius 3 is 1.39 bits per heavy atom. The van der Waals surface area contributed by atoms with Crippen LogP contribution in [0.3, 0.4) is 0 Å². The van der Waals surface area contributed by atoms with Crippen LogP contribution in [0.5, 0.6) is 0 Å². The van der Waals surface area contributed by atoms with E-state index in [2.05, 4.69) is 64.1 Å². The molecule has 2 aromatic heterocycles. The van der Waals surface area contributed by atoms with Crippen LogP contribution in [-0.4, -0.2) is 29.0 Å². The van der Waals surface area contributed by atoms with Crippen LogP contribution in [0, 0.1) is 0 Å². The summed E-state index contributed by atoms with van der Waals surface area (Å²) in [6.07, 6.45) is 4.66. The summed E-state index contributed by atoms with van der Waals surface area (Å²) in [5.74, 6) is 1.41. The fourth-order valence-electron chi connectivity index (χ4n) is 1.70. The van der Waals surface area contributed by atoms with Crippen LogP contribution < -0.4 is 0 Å². The summed E-state index contributed by atoms with van der Waals surface area (Å²) < 4.78 is 6.27. The SMILES string of the molecule is CC(C)c1ccc(/C=C/c2ccc(C(C)C)[se]2)[se]1. The fraction of sp³-hybridized carbons (Fsp3) is 0.375. The first kappa shape index (κ1) is 14.2. The Bertz CT molecular complexity index is 479. The Morgan fingerprint density at radius 1 is 0.722 bits per heavy atom. The molecule has 0 unspecified atom stereocenters. The van der Waals surface area contributed by atoms with Crippen molar-refractivity contribution in [2.75, 3.05) is 0 Å². The summed E-state index contributed by atoms with van der Waals surface area (Å²) in [7, 11) is 0. The van der Waals surface area contributed by atoms with Crippen LogP contribution in [0.2, 0.25) is 0 Å². The summed E-state index contributed by atoms with van der Waals surface area (Å²) in [5.41, 5.74) is 0. The summed E-state index contributed by atoms with van der Waals surface area (Å²) in [4.78, 5) is 0. The molecule has 0 bridgehead atoms. The molecule has 0 radical (unpaired) electrons. The van der Waals surface area contributed by atoms with E-state index in [1.165, 1.54) is 8.87 Å². The minimum absolute atomic E-state index is 0.561. The normalized spacial score (nSPS) is 12.1. The second-order valence-electron chi connectivity index (χ2n) is 5.12. The van der Waals surface area contributed by atoms with E-state index in [-0.39, 0.29) is 0 Å². The summed E-state index contributed by atoms with van der Waals surface area (Å²) in [6.45, 7) is 9.15. The van der Waals surface area contributed by atoms with Crippen LogP contribution in [0.25, 0.3) is 12.2 Å². The van der Waals surface area contributed by atoms with Crippen LogP contribution >= 0.6 is 0 Å². The average Bonchev–Trinajstić information content (AvgIpc) is 2.95. The van der Waals surface area contributed by atoms with E-state index in [0.717, 1.165) is 0 Å². The first-order valence-corrected chi connectivity index (χ1v) is 9.86. The Labute approximate surface area is 122 Å². The third-order valence-electron chi connectivity index (χ3n) is 2.85. The molecule has 2 aromatic rings. The summed E-state index contributed by atoms with van der Waals surface area (Å²) in [6, 6.07) is 9.23. The Morgan fingerprint density at radius 2 is 1.11 bits per heavy atom. The number of hydrogen-bond acceptors (Lipinski definition) is 0. The van der Waals surface area contributed by atoms with Crippen LogP contribution in [-0.2, 0) is 0 Å². The molecule has 0 atom stereocenters. The van der Waals surface area contributed by atoms with Crippen molar-refractivity contribution in [1.82, 2.24) is 0 Å². The third-order valence-corrected chi connectivity index (χ3v) is 8.51. The molecule has 18 heavy (non-hydrogen) atoms. The molecular weight excluding hydrogens is 350 g/mol. The molecule has 0 aliphatic heterocycles. The van der Waals surface area contributed by atoms with Crippen molar-refractivity contribution in [3.05, 3.63) is 42.0 Å². The van der Waals surface area contributed by atoms with E-state index in [1.807, 2.05) is 0 Å². The Balaban J connectivity index is 2.09. The maximum atomic E-state index is 2.33. The molecule has 96 valence electrons. The minimum atomic E-state index is 0.561. The molecule has 0 aliphatic rings. The molecular formula is C16H20Se2. The third kappa shape index (κ3) is 3.62. The predicted molar refractivity (Wildman–Crippen MR) is 83.9 cm³/mol. The monoisotopic (exact) mass is 372 g/mol. The summed E-state index contributed by atoms with van der Waals surface area (Å²) >= 11 is 1.12. The fourth-order valence-corrected chi connectivity index (χ4v) is 5.54. The molecule has 2 rings (SSSR count). The second kappa shape index (κ2) is 6.26. The van der Waals surface area contributed by atoms with Crippen LogP contribution in [0.15, 0.2) is 24.3 Å². The van der Waals surface area contributed by atoms with Crippen molar-refractivity contribution in [2.24, 2.45) is 0 Å². The van der Waals surface area contributed by atoms with Crippen molar-refractivity contribution in [2.45, 2.75) is 39.5 Å². The standard InChI is InChI=1S/C16H20Se2/c1-11(2)15-9-7-13(17-15)5-6-14-8-10-16(18-14)12(3)4/h5-12H,1-4H3/b6-5+. The first-order chi connectivity index (χ1) is 8.56. The molecule has 2 heterocycles. The van der Waals surface area contributed by atoms with Gasteiger partial charge in [0.15, 0.2) is 0 Å². The van der Waals surface area contributed by atoms with Crippen molar-refractivity contribution < 1.29 is 0 Å². The zero-order valence-corrected chi connectivity index (χ0v) is 14.9. The van der Waals surface area contributed by atoms with E-state index < -0.39 is 0 Å². The van der Waals surface area contributed by atoms with Gasteiger partial charge >= 0.3 is 123 Å². The number of hydrogen-bond donors (Lipinski definition) is 0. The van der Waals surface area contributed by atoms with Gasteiger partial charge in [-0.3, -0.25) is 0 Å². The maximum absolute atomic E-state index is 2.33. The molecule has 0 saturated heterocycles. The molecule has 0 saturated carbocycles. The van der Waals surface area contributed by atoms with Gasteiger partial charge in [0.25, 0.3) is 0 Å². The molecule has 2 heteroatoms. The molecule has 0 aliphatic carbocycles. The van der Waals surface area contributed by atoms with Gasteiger partial charge in [-0.25, -0.2) is 0 Å². The van der Waals surface area contributed by atoms with E-state index in [0.29, 0.717) is 40.8 Å². The van der Waals surface area contributed by atoms with Crippen molar-refractivity contribution >= 4 is 41.2 Å². The van der Waals surface area contributed by atoms with Gasteiger partial charge in [0.1, 0.15) is 0 Å². The van der Waals surface area contributed by atoms with Crippen LogP contribution in [0.4, 0.5) is 0 Å². The van der Waals surface area contributed by atoms with E-state index >= 15 is 0 Å². The predicted octanol–water partition coefficient (Wildman–Crippen LogP) is 4.22. The van der Waals surface area contributed by atoms with Crippen molar-refractivity contribution in [3.63, 3.8) is 0 Å². The molecule has 0 amide bonds. The average molecular weight is 370 g/mol. The van der Waals surface area contributed by atoms with E-state index in [9.17, 15) is 0 Å². The molecule has 0 spiro atoms. The topological polar surface area (TPSA) is 0 Å². The molecule has 0 N–H and O–H groups in total. The quantitative estimate of drug-likeness (QED) is 0.707. The van der Waals surface area contributed by atoms with Gasteiger partial charge in [0.05, 0.1) is 0 Å². The van der Waals surface area contributed by atoms with Gasteiger partial charge < -0.3 is 0 Å². The van der Waals surface area contributed by atoms with Gasteiger partial charge in [0.2, 0.25) is 0 Å².